The molecule has 2 aromatic rings. The average molecular weight is 493 g/mol. The van der Waals surface area contributed by atoms with Crippen molar-refractivity contribution >= 4 is 23.5 Å². The van der Waals surface area contributed by atoms with Crippen molar-refractivity contribution < 1.29 is 38.7 Å². The Morgan fingerprint density at radius 3 is 2.35 bits per heavy atom. The summed E-state index contributed by atoms with van der Waals surface area (Å²) in [4.78, 5) is 22.9. The minimum atomic E-state index is -1.38. The summed E-state index contributed by atoms with van der Waals surface area (Å²) < 4.78 is 21.6. The highest BCUT2D eigenvalue weighted by Crippen LogP contribution is 2.36. The Morgan fingerprint density at radius 2 is 1.74 bits per heavy atom. The van der Waals surface area contributed by atoms with Gasteiger partial charge in [0.25, 0.3) is 0 Å². The summed E-state index contributed by atoms with van der Waals surface area (Å²) in [6, 6.07) is 12.9. The first-order valence-electron chi connectivity index (χ1n) is 11.0. The summed E-state index contributed by atoms with van der Waals surface area (Å²) in [5.41, 5.74) is 2.38. The normalized spacial score (nSPS) is 24.4. The molecule has 0 amide bonds. The molecule has 0 spiro atoms. The van der Waals surface area contributed by atoms with Gasteiger partial charge in [0.05, 0.1) is 6.61 Å². The molecular weight excluding hydrogens is 464 g/mol. The molecule has 3 rings (SSSR count). The van der Waals surface area contributed by atoms with Crippen LogP contribution in [0.1, 0.15) is 43.6 Å². The van der Waals surface area contributed by atoms with Crippen LogP contribution >= 0.6 is 11.6 Å². The fraction of sp³-hybridized carbons (Fsp3) is 0.440. The Hall–Kier alpha value is -2.65. The third kappa shape index (κ3) is 6.48. The van der Waals surface area contributed by atoms with Gasteiger partial charge in [0.1, 0.15) is 36.8 Å². The van der Waals surface area contributed by atoms with Gasteiger partial charge in [0, 0.05) is 18.9 Å². The maximum absolute atomic E-state index is 11.6. The molecule has 184 valence electrons. The fourth-order valence-corrected chi connectivity index (χ4v) is 4.06. The van der Waals surface area contributed by atoms with Crippen LogP contribution in [-0.2, 0) is 30.2 Å². The van der Waals surface area contributed by atoms with Gasteiger partial charge in [-0.05, 0) is 48.2 Å². The first-order valence-corrected chi connectivity index (χ1v) is 11.4. The number of hydrogen-bond acceptors (Lipinski definition) is 8. The average Bonchev–Trinajstić information content (AvgIpc) is 2.79. The van der Waals surface area contributed by atoms with E-state index in [1.165, 1.54) is 13.8 Å². The number of carbonyl (C=O) groups is 2. The second-order valence-electron chi connectivity index (χ2n) is 8.06. The van der Waals surface area contributed by atoms with Gasteiger partial charge in [-0.15, -0.1) is 0 Å². The second-order valence-corrected chi connectivity index (χ2v) is 8.46. The number of rotatable bonds is 8. The van der Waals surface area contributed by atoms with Gasteiger partial charge in [0.15, 0.2) is 6.10 Å². The van der Waals surface area contributed by atoms with Crippen molar-refractivity contribution in [3.8, 4) is 5.75 Å². The van der Waals surface area contributed by atoms with Crippen molar-refractivity contribution in [3.63, 3.8) is 0 Å². The maximum atomic E-state index is 11.6. The molecule has 1 aliphatic heterocycles. The molecule has 1 heterocycles. The van der Waals surface area contributed by atoms with Crippen molar-refractivity contribution in [1.82, 2.24) is 0 Å². The van der Waals surface area contributed by atoms with Crippen LogP contribution in [0, 0.1) is 0 Å². The number of carbonyl (C=O) groups excluding carboxylic acids is 2. The number of aliphatic hydroxyl groups is 2. The van der Waals surface area contributed by atoms with Crippen molar-refractivity contribution in [2.75, 3.05) is 13.2 Å². The van der Waals surface area contributed by atoms with Crippen molar-refractivity contribution in [3.05, 3.63) is 64.2 Å². The molecule has 0 aliphatic carbocycles. The largest absolute Gasteiger partial charge is 0.494 e. The van der Waals surface area contributed by atoms with E-state index in [2.05, 4.69) is 0 Å². The summed E-state index contributed by atoms with van der Waals surface area (Å²) in [6.07, 6.45) is -5.44. The van der Waals surface area contributed by atoms with Crippen molar-refractivity contribution in [2.24, 2.45) is 0 Å². The molecule has 8 nitrogen and oxygen atoms in total. The van der Waals surface area contributed by atoms with Gasteiger partial charge in [-0.3, -0.25) is 9.59 Å². The van der Waals surface area contributed by atoms with E-state index in [9.17, 15) is 19.8 Å². The zero-order valence-corrected chi connectivity index (χ0v) is 20.0. The van der Waals surface area contributed by atoms with Crippen LogP contribution in [0.5, 0.6) is 5.75 Å². The van der Waals surface area contributed by atoms with E-state index in [1.54, 1.807) is 18.2 Å². The van der Waals surface area contributed by atoms with E-state index in [4.69, 9.17) is 30.5 Å². The summed E-state index contributed by atoms with van der Waals surface area (Å²) in [5.74, 6) is -0.437. The summed E-state index contributed by atoms with van der Waals surface area (Å²) in [7, 11) is 0. The van der Waals surface area contributed by atoms with E-state index in [0.717, 1.165) is 16.9 Å². The molecule has 1 aliphatic rings. The molecule has 5 atom stereocenters. The predicted molar refractivity (Wildman–Crippen MR) is 124 cm³/mol. The molecule has 34 heavy (non-hydrogen) atoms. The van der Waals surface area contributed by atoms with Crippen LogP contribution in [0.3, 0.4) is 0 Å². The molecule has 0 aromatic heterocycles. The molecule has 1 saturated heterocycles. The lowest BCUT2D eigenvalue weighted by atomic mass is 9.90. The number of ether oxygens (including phenoxy) is 4. The van der Waals surface area contributed by atoms with Gasteiger partial charge in [-0.2, -0.15) is 0 Å². The quantitative estimate of drug-likeness (QED) is 0.541. The van der Waals surface area contributed by atoms with Crippen LogP contribution in [0.2, 0.25) is 5.02 Å². The topological polar surface area (TPSA) is 112 Å². The number of halogens is 1. The maximum Gasteiger partial charge on any atom is 0.303 e. The molecular formula is C25H29ClO8. The Bertz CT molecular complexity index is 993. The minimum absolute atomic E-state index is 0.260. The van der Waals surface area contributed by atoms with Crippen molar-refractivity contribution in [2.45, 2.75) is 57.7 Å². The molecule has 2 N–H and O–H groups in total. The van der Waals surface area contributed by atoms with Crippen LogP contribution < -0.4 is 4.74 Å². The van der Waals surface area contributed by atoms with Gasteiger partial charge >= 0.3 is 11.9 Å². The number of aliphatic hydroxyl groups excluding tert-OH is 2. The van der Waals surface area contributed by atoms with E-state index in [1.807, 2.05) is 31.2 Å². The SMILES string of the molecule is CCOc1ccc(Cc2cc([C@@H]3O[C@H](COC(C)=O)[C@@H](O)[C@H](OC(C)=O)[C@H]3O)ccc2Cl)cc1. The van der Waals surface area contributed by atoms with E-state index >= 15 is 0 Å². The number of hydrogen-bond donors (Lipinski definition) is 2. The first-order chi connectivity index (χ1) is 16.2. The Labute approximate surface area is 203 Å². The summed E-state index contributed by atoms with van der Waals surface area (Å²) in [6.45, 7) is 4.66. The summed E-state index contributed by atoms with van der Waals surface area (Å²) in [5, 5.41) is 22.0. The van der Waals surface area contributed by atoms with Crippen LogP contribution in [0.4, 0.5) is 0 Å². The van der Waals surface area contributed by atoms with E-state index in [0.29, 0.717) is 23.6 Å². The lowest BCUT2D eigenvalue weighted by Gasteiger charge is -2.42. The number of benzene rings is 2. The third-order valence-electron chi connectivity index (χ3n) is 5.47. The summed E-state index contributed by atoms with van der Waals surface area (Å²) >= 11 is 6.44. The van der Waals surface area contributed by atoms with Gasteiger partial charge in [-0.25, -0.2) is 0 Å². The molecule has 0 unspecified atom stereocenters. The van der Waals surface area contributed by atoms with Crippen LogP contribution in [0.25, 0.3) is 0 Å². The second kappa shape index (κ2) is 11.7. The van der Waals surface area contributed by atoms with E-state index in [-0.39, 0.29) is 6.61 Å². The Kier molecular flexibility index (Phi) is 8.90. The lowest BCUT2D eigenvalue weighted by Crippen LogP contribution is -2.57. The fourth-order valence-electron chi connectivity index (χ4n) is 3.88. The highest BCUT2D eigenvalue weighted by atomic mass is 35.5. The van der Waals surface area contributed by atoms with Crippen LogP contribution in [0.15, 0.2) is 42.5 Å². The molecule has 0 radical (unpaired) electrons. The van der Waals surface area contributed by atoms with E-state index < -0.39 is 42.5 Å². The highest BCUT2D eigenvalue weighted by Gasteiger charge is 2.47. The molecule has 9 heteroatoms. The third-order valence-corrected chi connectivity index (χ3v) is 5.83. The van der Waals surface area contributed by atoms with Crippen LogP contribution in [-0.4, -0.2) is 59.8 Å². The standard InChI is InChI=1S/C25H29ClO8/c1-4-31-19-8-5-16(6-9-19)11-18-12-17(7-10-20(18)26)24-23(30)25(33-15(3)28)22(29)21(34-24)13-32-14(2)27/h5-10,12,21-25,29-30H,4,11,13H2,1-3H3/t21-,22-,23+,24+,25+/m1/s1. The van der Waals surface area contributed by atoms with Gasteiger partial charge in [-0.1, -0.05) is 35.9 Å². The van der Waals surface area contributed by atoms with Gasteiger partial charge in [0.2, 0.25) is 0 Å². The Morgan fingerprint density at radius 1 is 1.03 bits per heavy atom. The molecule has 2 aromatic carbocycles. The smallest absolute Gasteiger partial charge is 0.303 e. The minimum Gasteiger partial charge on any atom is -0.494 e. The Balaban J connectivity index is 1.86. The zero-order valence-electron chi connectivity index (χ0n) is 19.3. The molecule has 1 fully saturated rings. The first kappa shape index (κ1) is 26.0. The zero-order chi connectivity index (χ0) is 24.8. The number of esters is 2. The van der Waals surface area contributed by atoms with Gasteiger partial charge < -0.3 is 29.2 Å². The predicted octanol–water partition coefficient (Wildman–Crippen LogP) is 2.99. The monoisotopic (exact) mass is 492 g/mol. The molecule has 0 saturated carbocycles. The lowest BCUT2D eigenvalue weighted by molar-refractivity contribution is -0.242. The highest BCUT2D eigenvalue weighted by molar-refractivity contribution is 6.31. The molecule has 0 bridgehead atoms. The van der Waals surface area contributed by atoms with Crippen molar-refractivity contribution in [1.29, 1.82) is 0 Å².